The molecule has 7 heteroatoms. The molecule has 1 N–H and O–H groups in total. The Bertz CT molecular complexity index is 1280. The summed E-state index contributed by atoms with van der Waals surface area (Å²) in [5.74, 6) is 0.592. The first-order valence-electron chi connectivity index (χ1n) is 11.9. The van der Waals surface area contributed by atoms with Crippen LogP contribution in [-0.4, -0.2) is 26.7 Å². The van der Waals surface area contributed by atoms with E-state index in [4.69, 9.17) is 4.74 Å². The Kier molecular flexibility index (Phi) is 7.45. The highest BCUT2D eigenvalue weighted by atomic mass is 32.2. The molecule has 0 unspecified atom stereocenters. The standard InChI is InChI=1S/C28H32N2O4S/c1-20-8-9-21(2)27(18-20)30(35(3,32)33)19-22-10-12-23(13-11-22)28(31)29-24-14-16-26(17-15-24)34-25-6-4-5-7-25/h8-18,25H,4-7,19H2,1-3H3,(H,29,31). The molecular weight excluding hydrogens is 460 g/mol. The number of amides is 1. The lowest BCUT2D eigenvalue weighted by Crippen LogP contribution is -2.30. The number of anilines is 2. The average Bonchev–Trinajstić information content (AvgIpc) is 3.33. The SMILES string of the molecule is Cc1ccc(C)c(N(Cc2ccc(C(=O)Nc3ccc(OC4CCCC4)cc3)cc2)S(C)(=O)=O)c1. The number of nitrogens with zero attached hydrogens (tertiary/aromatic N) is 1. The first-order valence-corrected chi connectivity index (χ1v) is 13.8. The first kappa shape index (κ1) is 24.8. The van der Waals surface area contributed by atoms with Gasteiger partial charge in [-0.15, -0.1) is 0 Å². The van der Waals surface area contributed by atoms with Crippen molar-refractivity contribution in [1.82, 2.24) is 0 Å². The van der Waals surface area contributed by atoms with E-state index in [1.54, 1.807) is 24.3 Å². The van der Waals surface area contributed by atoms with E-state index in [-0.39, 0.29) is 12.5 Å². The lowest BCUT2D eigenvalue weighted by Gasteiger charge is -2.25. The van der Waals surface area contributed by atoms with Crippen LogP contribution in [0.15, 0.2) is 66.7 Å². The highest BCUT2D eigenvalue weighted by Crippen LogP contribution is 2.27. The third-order valence-corrected chi connectivity index (χ3v) is 7.42. The summed E-state index contributed by atoms with van der Waals surface area (Å²) in [6, 6.07) is 20.2. The van der Waals surface area contributed by atoms with Crippen LogP contribution < -0.4 is 14.4 Å². The second-order valence-electron chi connectivity index (χ2n) is 9.26. The van der Waals surface area contributed by atoms with Crippen LogP contribution in [0.4, 0.5) is 11.4 Å². The van der Waals surface area contributed by atoms with E-state index in [1.807, 2.05) is 56.3 Å². The predicted molar refractivity (Wildman–Crippen MR) is 141 cm³/mol. The van der Waals surface area contributed by atoms with Gasteiger partial charge in [0.1, 0.15) is 5.75 Å². The molecule has 1 saturated carbocycles. The molecule has 1 aliphatic carbocycles. The van der Waals surface area contributed by atoms with Crippen LogP contribution in [-0.2, 0) is 16.6 Å². The Morgan fingerprint density at radius 3 is 2.26 bits per heavy atom. The number of hydrogen-bond acceptors (Lipinski definition) is 4. The van der Waals surface area contributed by atoms with E-state index in [2.05, 4.69) is 5.32 Å². The van der Waals surface area contributed by atoms with E-state index in [1.165, 1.54) is 23.4 Å². The second kappa shape index (κ2) is 10.5. The highest BCUT2D eigenvalue weighted by molar-refractivity contribution is 7.92. The number of carbonyl (C=O) groups excluding carboxylic acids is 1. The molecule has 1 fully saturated rings. The molecule has 6 nitrogen and oxygen atoms in total. The summed E-state index contributed by atoms with van der Waals surface area (Å²) >= 11 is 0. The molecule has 0 aliphatic heterocycles. The predicted octanol–water partition coefficient (Wildman–Crippen LogP) is 5.84. The zero-order valence-electron chi connectivity index (χ0n) is 20.5. The van der Waals surface area contributed by atoms with Gasteiger partial charge < -0.3 is 10.1 Å². The highest BCUT2D eigenvalue weighted by Gasteiger charge is 2.20. The smallest absolute Gasteiger partial charge is 0.255 e. The Labute approximate surface area is 208 Å². The average molecular weight is 493 g/mol. The van der Waals surface area contributed by atoms with Crippen LogP contribution in [0.25, 0.3) is 0 Å². The van der Waals surface area contributed by atoms with Crippen molar-refractivity contribution in [3.05, 3.63) is 89.0 Å². The molecule has 0 saturated heterocycles. The molecule has 0 atom stereocenters. The van der Waals surface area contributed by atoms with Crippen LogP contribution in [0.3, 0.4) is 0 Å². The number of benzene rings is 3. The van der Waals surface area contributed by atoms with Gasteiger partial charge in [0, 0.05) is 11.3 Å². The van der Waals surface area contributed by atoms with Gasteiger partial charge in [-0.05, 0) is 98.7 Å². The third-order valence-electron chi connectivity index (χ3n) is 6.29. The van der Waals surface area contributed by atoms with E-state index < -0.39 is 10.0 Å². The molecule has 1 aliphatic rings. The van der Waals surface area contributed by atoms with Crippen molar-refractivity contribution in [2.45, 2.75) is 52.2 Å². The van der Waals surface area contributed by atoms with Crippen LogP contribution in [0.1, 0.15) is 52.7 Å². The molecular formula is C28H32N2O4S. The fraction of sp³-hybridized carbons (Fsp3) is 0.321. The maximum absolute atomic E-state index is 12.7. The topological polar surface area (TPSA) is 75.7 Å². The lowest BCUT2D eigenvalue weighted by atomic mass is 10.1. The Hall–Kier alpha value is -3.32. The zero-order valence-corrected chi connectivity index (χ0v) is 21.3. The molecule has 3 aromatic rings. The zero-order chi connectivity index (χ0) is 25.0. The van der Waals surface area contributed by atoms with Crippen LogP contribution >= 0.6 is 0 Å². The molecule has 0 radical (unpaired) electrons. The first-order chi connectivity index (χ1) is 16.7. The lowest BCUT2D eigenvalue weighted by molar-refractivity contribution is 0.102. The van der Waals surface area contributed by atoms with Gasteiger partial charge in [-0.2, -0.15) is 0 Å². The second-order valence-corrected chi connectivity index (χ2v) is 11.2. The van der Waals surface area contributed by atoms with Gasteiger partial charge in [0.2, 0.25) is 10.0 Å². The Morgan fingerprint density at radius 1 is 0.971 bits per heavy atom. The summed E-state index contributed by atoms with van der Waals surface area (Å²) in [7, 11) is -3.49. The van der Waals surface area contributed by atoms with Gasteiger partial charge in [0.25, 0.3) is 5.91 Å². The van der Waals surface area contributed by atoms with Crippen LogP contribution in [0.5, 0.6) is 5.75 Å². The maximum Gasteiger partial charge on any atom is 0.255 e. The van der Waals surface area contributed by atoms with Gasteiger partial charge >= 0.3 is 0 Å². The normalized spacial score (nSPS) is 14.0. The molecule has 0 spiro atoms. The molecule has 0 aromatic heterocycles. The molecule has 3 aromatic carbocycles. The van der Waals surface area contributed by atoms with E-state index in [9.17, 15) is 13.2 Å². The van der Waals surface area contributed by atoms with E-state index >= 15 is 0 Å². The largest absolute Gasteiger partial charge is 0.490 e. The Morgan fingerprint density at radius 2 is 1.63 bits per heavy atom. The summed E-state index contributed by atoms with van der Waals surface area (Å²) in [5, 5.41) is 2.90. The van der Waals surface area contributed by atoms with Crippen LogP contribution in [0.2, 0.25) is 0 Å². The molecule has 4 rings (SSSR count). The number of sulfonamides is 1. The van der Waals surface area contributed by atoms with Crippen molar-refractivity contribution in [3.8, 4) is 5.75 Å². The van der Waals surface area contributed by atoms with Crippen molar-refractivity contribution in [2.75, 3.05) is 15.9 Å². The minimum absolute atomic E-state index is 0.188. The van der Waals surface area contributed by atoms with Crippen molar-refractivity contribution >= 4 is 27.3 Å². The van der Waals surface area contributed by atoms with Crippen molar-refractivity contribution in [1.29, 1.82) is 0 Å². The fourth-order valence-electron chi connectivity index (χ4n) is 4.32. The maximum atomic E-state index is 12.7. The van der Waals surface area contributed by atoms with Gasteiger partial charge in [-0.25, -0.2) is 8.42 Å². The minimum atomic E-state index is -3.49. The molecule has 0 heterocycles. The Balaban J connectivity index is 1.42. The molecule has 0 bridgehead atoms. The van der Waals surface area contributed by atoms with Crippen LogP contribution in [0, 0.1) is 13.8 Å². The molecule has 1 amide bonds. The number of nitrogens with one attached hydrogen (secondary N) is 1. The molecule has 184 valence electrons. The van der Waals surface area contributed by atoms with E-state index in [0.717, 1.165) is 35.3 Å². The number of carbonyl (C=O) groups is 1. The number of ether oxygens (including phenoxy) is 1. The van der Waals surface area contributed by atoms with Crippen molar-refractivity contribution < 1.29 is 17.9 Å². The van der Waals surface area contributed by atoms with Gasteiger partial charge in [-0.1, -0.05) is 24.3 Å². The fourth-order valence-corrected chi connectivity index (χ4v) is 5.25. The number of hydrogen-bond donors (Lipinski definition) is 1. The molecule has 35 heavy (non-hydrogen) atoms. The number of aryl methyl sites for hydroxylation is 2. The number of rotatable bonds is 8. The van der Waals surface area contributed by atoms with Gasteiger partial charge in [-0.3, -0.25) is 9.10 Å². The summed E-state index contributed by atoms with van der Waals surface area (Å²) in [6.45, 7) is 4.02. The third kappa shape index (κ3) is 6.42. The summed E-state index contributed by atoms with van der Waals surface area (Å²) in [6.07, 6.45) is 6.13. The quantitative estimate of drug-likeness (QED) is 0.428. The minimum Gasteiger partial charge on any atom is -0.490 e. The monoisotopic (exact) mass is 492 g/mol. The van der Waals surface area contributed by atoms with Gasteiger partial charge in [0.05, 0.1) is 24.6 Å². The summed E-state index contributed by atoms with van der Waals surface area (Å²) in [5.41, 5.74) is 4.52. The summed E-state index contributed by atoms with van der Waals surface area (Å²) in [4.78, 5) is 12.7. The summed E-state index contributed by atoms with van der Waals surface area (Å²) < 4.78 is 32.5. The van der Waals surface area contributed by atoms with Gasteiger partial charge in [0.15, 0.2) is 0 Å². The van der Waals surface area contributed by atoms with Crippen molar-refractivity contribution in [3.63, 3.8) is 0 Å². The van der Waals surface area contributed by atoms with Crippen molar-refractivity contribution in [2.24, 2.45) is 0 Å². The van der Waals surface area contributed by atoms with E-state index in [0.29, 0.717) is 23.0 Å².